The average molecular weight is 475 g/mol. The molecular weight excluding hydrogens is 424 g/mol. The van der Waals surface area contributed by atoms with E-state index in [9.17, 15) is 0 Å². The second kappa shape index (κ2) is 18.1. The number of hydrogen-bond donors (Lipinski definition) is 0. The molecule has 2 rings (SSSR count). The minimum atomic E-state index is 0.970. The van der Waals surface area contributed by atoms with Crippen molar-refractivity contribution < 1.29 is 0 Å². The zero-order valence-electron chi connectivity index (χ0n) is 23.1. The Bertz CT molecular complexity index is 876. The van der Waals surface area contributed by atoms with Gasteiger partial charge < -0.3 is 0 Å². The molecular formula is C33H50N2. The Morgan fingerprint density at radius 3 is 1.91 bits per heavy atom. The summed E-state index contributed by atoms with van der Waals surface area (Å²) < 4.78 is 0. The highest BCUT2D eigenvalue weighted by Crippen LogP contribution is 2.23. The summed E-state index contributed by atoms with van der Waals surface area (Å²) in [6.45, 7) is 9.05. The third kappa shape index (κ3) is 11.8. The number of unbranched alkanes of at least 4 members (excludes halogenated alkanes) is 7. The molecule has 0 radical (unpaired) electrons. The van der Waals surface area contributed by atoms with Gasteiger partial charge in [-0.05, 0) is 92.3 Å². The SMILES string of the molecule is CCCCCCCc1ccc(N=CC(CCCC)=Nc2ccc(CCCC)c(CCCC)c2)cc1. The number of benzene rings is 2. The van der Waals surface area contributed by atoms with Crippen LogP contribution in [0.3, 0.4) is 0 Å². The standard InChI is InChI=1S/C33H50N2/c1-5-9-13-14-15-16-28-20-23-31(24-21-28)34-27-33(19-12-8-4)35-32-25-22-29(17-10-6-2)30(26-32)18-11-7-3/h20-27H,5-19H2,1-4H3. The van der Waals surface area contributed by atoms with E-state index in [1.165, 1.54) is 87.3 Å². The van der Waals surface area contributed by atoms with Crippen molar-refractivity contribution >= 4 is 23.3 Å². The third-order valence-corrected chi connectivity index (χ3v) is 6.72. The summed E-state index contributed by atoms with van der Waals surface area (Å²) in [6.07, 6.45) is 20.4. The first-order valence-electron chi connectivity index (χ1n) is 14.5. The van der Waals surface area contributed by atoms with Crippen molar-refractivity contribution in [3.05, 3.63) is 59.2 Å². The molecule has 0 aliphatic carbocycles. The number of aryl methyl sites for hydroxylation is 3. The minimum Gasteiger partial charge on any atom is -0.255 e. The van der Waals surface area contributed by atoms with Gasteiger partial charge in [-0.25, -0.2) is 0 Å². The topological polar surface area (TPSA) is 24.7 Å². The van der Waals surface area contributed by atoms with Crippen LogP contribution in [-0.2, 0) is 19.3 Å². The van der Waals surface area contributed by atoms with E-state index in [4.69, 9.17) is 9.98 Å². The first-order valence-corrected chi connectivity index (χ1v) is 14.5. The highest BCUT2D eigenvalue weighted by molar-refractivity contribution is 6.31. The maximum Gasteiger partial charge on any atom is 0.0636 e. The molecule has 0 aliphatic heterocycles. The summed E-state index contributed by atoms with van der Waals surface area (Å²) in [5.74, 6) is 0. The molecule has 0 unspecified atom stereocenters. The smallest absolute Gasteiger partial charge is 0.0636 e. The van der Waals surface area contributed by atoms with Gasteiger partial charge in [-0.2, -0.15) is 0 Å². The van der Waals surface area contributed by atoms with Gasteiger partial charge in [0, 0.05) is 6.21 Å². The van der Waals surface area contributed by atoms with Crippen LogP contribution in [0.4, 0.5) is 11.4 Å². The van der Waals surface area contributed by atoms with Crippen LogP contribution in [0.2, 0.25) is 0 Å². The minimum absolute atomic E-state index is 0.970. The van der Waals surface area contributed by atoms with Crippen molar-refractivity contribution in [2.75, 3.05) is 0 Å². The van der Waals surface area contributed by atoms with Crippen LogP contribution in [0.15, 0.2) is 52.4 Å². The summed E-state index contributed by atoms with van der Waals surface area (Å²) in [5.41, 5.74) is 7.58. The predicted molar refractivity (Wildman–Crippen MR) is 157 cm³/mol. The summed E-state index contributed by atoms with van der Waals surface area (Å²) in [4.78, 5) is 9.84. The zero-order valence-corrected chi connectivity index (χ0v) is 23.1. The molecule has 0 spiro atoms. The van der Waals surface area contributed by atoms with Gasteiger partial charge in [-0.1, -0.05) is 90.8 Å². The molecule has 0 bridgehead atoms. The van der Waals surface area contributed by atoms with Gasteiger partial charge in [0.1, 0.15) is 0 Å². The first kappa shape index (κ1) is 29.0. The van der Waals surface area contributed by atoms with Gasteiger partial charge >= 0.3 is 0 Å². The lowest BCUT2D eigenvalue weighted by atomic mass is 9.97. The van der Waals surface area contributed by atoms with Gasteiger partial charge in [0.15, 0.2) is 0 Å². The molecule has 192 valence electrons. The molecule has 0 saturated carbocycles. The molecule has 0 aromatic heterocycles. The molecule has 2 aromatic carbocycles. The Hall–Kier alpha value is -2.22. The van der Waals surface area contributed by atoms with Gasteiger partial charge in [-0.15, -0.1) is 0 Å². The molecule has 0 saturated heterocycles. The van der Waals surface area contributed by atoms with Crippen LogP contribution in [-0.4, -0.2) is 11.9 Å². The molecule has 0 fully saturated rings. The van der Waals surface area contributed by atoms with Crippen LogP contribution in [0.25, 0.3) is 0 Å². The van der Waals surface area contributed by atoms with E-state index in [-0.39, 0.29) is 0 Å². The summed E-state index contributed by atoms with van der Waals surface area (Å²) in [5, 5.41) is 0. The predicted octanol–water partition coefficient (Wildman–Crippen LogP) is 10.5. The van der Waals surface area contributed by atoms with E-state index < -0.39 is 0 Å². The Morgan fingerprint density at radius 1 is 0.600 bits per heavy atom. The summed E-state index contributed by atoms with van der Waals surface area (Å²) in [7, 11) is 0. The molecule has 2 nitrogen and oxygen atoms in total. The second-order valence-corrected chi connectivity index (χ2v) is 9.96. The van der Waals surface area contributed by atoms with Crippen molar-refractivity contribution in [1.82, 2.24) is 0 Å². The van der Waals surface area contributed by atoms with Crippen LogP contribution in [0.1, 0.15) is 121 Å². The molecule has 0 heterocycles. The maximum absolute atomic E-state index is 5.05. The lowest BCUT2D eigenvalue weighted by Gasteiger charge is -2.11. The van der Waals surface area contributed by atoms with Crippen molar-refractivity contribution in [2.45, 2.75) is 124 Å². The Labute approximate surface area is 216 Å². The Kier molecular flexibility index (Phi) is 15.0. The fraction of sp³-hybridized carbons (Fsp3) is 0.576. The largest absolute Gasteiger partial charge is 0.255 e. The van der Waals surface area contributed by atoms with Crippen molar-refractivity contribution in [2.24, 2.45) is 9.98 Å². The number of rotatable bonds is 18. The van der Waals surface area contributed by atoms with E-state index in [1.54, 1.807) is 0 Å². The number of nitrogens with zero attached hydrogens (tertiary/aromatic N) is 2. The monoisotopic (exact) mass is 474 g/mol. The van der Waals surface area contributed by atoms with Crippen molar-refractivity contribution in [3.63, 3.8) is 0 Å². The Balaban J connectivity index is 2.10. The van der Waals surface area contributed by atoms with Crippen molar-refractivity contribution in [3.8, 4) is 0 Å². The van der Waals surface area contributed by atoms with Gasteiger partial charge in [0.05, 0.1) is 17.1 Å². The van der Waals surface area contributed by atoms with Gasteiger partial charge in [-0.3, -0.25) is 9.98 Å². The molecule has 0 N–H and O–H groups in total. The lowest BCUT2D eigenvalue weighted by molar-refractivity contribution is 0.632. The molecule has 0 amide bonds. The van der Waals surface area contributed by atoms with E-state index >= 15 is 0 Å². The second-order valence-electron chi connectivity index (χ2n) is 9.96. The van der Waals surface area contributed by atoms with Gasteiger partial charge in [0.25, 0.3) is 0 Å². The van der Waals surface area contributed by atoms with Crippen LogP contribution < -0.4 is 0 Å². The Morgan fingerprint density at radius 2 is 1.23 bits per heavy atom. The average Bonchev–Trinajstić information content (AvgIpc) is 2.89. The van der Waals surface area contributed by atoms with E-state index in [2.05, 4.69) is 70.2 Å². The molecule has 2 aromatic rings. The number of aliphatic imine (C=N–C) groups is 2. The quantitative estimate of drug-likeness (QED) is 0.152. The molecule has 0 aliphatic rings. The molecule has 35 heavy (non-hydrogen) atoms. The van der Waals surface area contributed by atoms with Crippen LogP contribution in [0, 0.1) is 0 Å². The van der Waals surface area contributed by atoms with E-state index in [1.807, 2.05) is 6.21 Å². The summed E-state index contributed by atoms with van der Waals surface area (Å²) in [6, 6.07) is 15.6. The van der Waals surface area contributed by atoms with E-state index in [0.717, 1.165) is 42.8 Å². The summed E-state index contributed by atoms with van der Waals surface area (Å²) >= 11 is 0. The zero-order chi connectivity index (χ0) is 25.1. The molecule has 2 heteroatoms. The van der Waals surface area contributed by atoms with E-state index in [0.29, 0.717) is 0 Å². The van der Waals surface area contributed by atoms with Crippen molar-refractivity contribution in [1.29, 1.82) is 0 Å². The van der Waals surface area contributed by atoms with Gasteiger partial charge in [0.2, 0.25) is 0 Å². The normalized spacial score (nSPS) is 12.1. The van der Waals surface area contributed by atoms with Crippen LogP contribution >= 0.6 is 0 Å². The first-order chi connectivity index (χ1) is 17.2. The maximum atomic E-state index is 5.05. The lowest BCUT2D eigenvalue weighted by Crippen LogP contribution is -2.00. The van der Waals surface area contributed by atoms with Crippen LogP contribution in [0.5, 0.6) is 0 Å². The third-order valence-electron chi connectivity index (χ3n) is 6.72. The highest BCUT2D eigenvalue weighted by Gasteiger charge is 2.05. The molecule has 0 atom stereocenters. The fourth-order valence-electron chi connectivity index (χ4n) is 4.40. The fourth-order valence-corrected chi connectivity index (χ4v) is 4.40. The number of hydrogen-bond acceptors (Lipinski definition) is 2. The highest BCUT2D eigenvalue weighted by atomic mass is 14.8.